The maximum Gasteiger partial charge on any atom is 0.308 e. The van der Waals surface area contributed by atoms with Crippen molar-refractivity contribution in [2.45, 2.75) is 58.9 Å². The summed E-state index contributed by atoms with van der Waals surface area (Å²) >= 11 is 0. The molecule has 28 heavy (non-hydrogen) atoms. The van der Waals surface area contributed by atoms with Gasteiger partial charge in [0.15, 0.2) is 11.6 Å². The normalized spacial score (nSPS) is 16.1. The van der Waals surface area contributed by atoms with E-state index in [9.17, 15) is 9.59 Å². The molecule has 0 N–H and O–H groups in total. The second-order valence-electron chi connectivity index (χ2n) is 7.43. The monoisotopic (exact) mass is 380 g/mol. The van der Waals surface area contributed by atoms with Gasteiger partial charge in [0.25, 0.3) is 5.56 Å². The van der Waals surface area contributed by atoms with Crippen LogP contribution in [0.25, 0.3) is 0 Å². The van der Waals surface area contributed by atoms with Crippen LogP contribution in [-0.4, -0.2) is 26.0 Å². The molecule has 1 aliphatic heterocycles. The minimum absolute atomic E-state index is 0.0960. The minimum Gasteiger partial charge on any atom is -0.406 e. The van der Waals surface area contributed by atoms with Gasteiger partial charge in [-0.1, -0.05) is 25.8 Å². The maximum absolute atomic E-state index is 13.1. The Bertz CT molecular complexity index is 1000. The Morgan fingerprint density at radius 1 is 1.25 bits per heavy atom. The van der Waals surface area contributed by atoms with Crippen LogP contribution in [0.5, 0.6) is 11.9 Å². The molecule has 146 valence electrons. The van der Waals surface area contributed by atoms with E-state index >= 15 is 0 Å². The molecule has 1 aliphatic carbocycles. The molecule has 0 amide bonds. The molecule has 2 aromatic rings. The zero-order chi connectivity index (χ0) is 19.7. The van der Waals surface area contributed by atoms with Gasteiger partial charge in [-0.15, -0.1) is 0 Å². The van der Waals surface area contributed by atoms with Gasteiger partial charge in [0, 0.05) is 31.7 Å². The van der Waals surface area contributed by atoms with Crippen molar-refractivity contribution in [3.8, 4) is 11.9 Å². The lowest BCUT2D eigenvalue weighted by Crippen LogP contribution is -2.26. The van der Waals surface area contributed by atoms with Gasteiger partial charge in [-0.2, -0.15) is 4.98 Å². The minimum atomic E-state index is -0.149. The average molecular weight is 380 g/mol. The number of ether oxygens (including phenoxy) is 1. The first-order chi connectivity index (χ1) is 13.6. The number of aromatic nitrogens is 3. The molecule has 0 radical (unpaired) electrons. The Labute approximate surface area is 163 Å². The van der Waals surface area contributed by atoms with Crippen LogP contribution in [0.3, 0.4) is 0 Å². The summed E-state index contributed by atoms with van der Waals surface area (Å²) in [5, 5.41) is 0. The van der Waals surface area contributed by atoms with Crippen LogP contribution in [0.4, 0.5) is 5.82 Å². The van der Waals surface area contributed by atoms with E-state index in [0.29, 0.717) is 36.0 Å². The first kappa shape index (κ1) is 18.5. The summed E-state index contributed by atoms with van der Waals surface area (Å²) in [5.74, 6) is 1.02. The number of Topliss-reactive ketones (excluding diaryl/α,β-unsaturated/α-hetero) is 1. The first-order valence-corrected chi connectivity index (χ1v) is 9.93. The Hall–Kier alpha value is -2.83. The summed E-state index contributed by atoms with van der Waals surface area (Å²) in [4.78, 5) is 38.1. The fourth-order valence-electron chi connectivity index (χ4n) is 3.92. The van der Waals surface area contributed by atoms with Crippen LogP contribution in [0.15, 0.2) is 28.0 Å². The molecule has 2 aromatic heterocycles. The van der Waals surface area contributed by atoms with Gasteiger partial charge in [0.05, 0.1) is 5.56 Å². The van der Waals surface area contributed by atoms with E-state index in [1.54, 1.807) is 22.8 Å². The van der Waals surface area contributed by atoms with Crippen molar-refractivity contribution in [1.82, 2.24) is 14.5 Å². The van der Waals surface area contributed by atoms with E-state index in [1.807, 2.05) is 6.92 Å². The number of nitrogens with zero attached hydrogens (tertiary/aromatic N) is 4. The Morgan fingerprint density at radius 3 is 2.75 bits per heavy atom. The molecule has 4 rings (SSSR count). The van der Waals surface area contributed by atoms with E-state index in [1.165, 1.54) is 19.8 Å². The molecule has 1 fully saturated rings. The lowest BCUT2D eigenvalue weighted by molar-refractivity contribution is 0.101. The second kappa shape index (κ2) is 7.66. The van der Waals surface area contributed by atoms with Crippen LogP contribution in [-0.2, 0) is 13.0 Å². The smallest absolute Gasteiger partial charge is 0.308 e. The van der Waals surface area contributed by atoms with Crippen LogP contribution >= 0.6 is 0 Å². The third-order valence-corrected chi connectivity index (χ3v) is 5.37. The standard InChI is InChI=1S/C21H24N4O3/c1-3-11-25-20(27)15-12-17(14-7-4-5-8-14)23-19(15)24-21(25)28-18-10-6-9-16(22-18)13(2)26/h6,9-10,14H,3-5,7-8,11-12H2,1-2H3. The molecule has 0 spiro atoms. The van der Waals surface area contributed by atoms with Gasteiger partial charge in [-0.25, -0.2) is 9.98 Å². The van der Waals surface area contributed by atoms with Crippen molar-refractivity contribution in [3.05, 3.63) is 39.8 Å². The van der Waals surface area contributed by atoms with Crippen molar-refractivity contribution in [2.75, 3.05) is 0 Å². The van der Waals surface area contributed by atoms with Crippen LogP contribution in [0, 0.1) is 5.92 Å². The molecule has 7 nitrogen and oxygen atoms in total. The molecule has 0 atom stereocenters. The van der Waals surface area contributed by atoms with Crippen LogP contribution in [0.2, 0.25) is 0 Å². The SMILES string of the molecule is CCCn1c(Oc2cccc(C(C)=O)n2)nc2c(c1=O)CC(C1CCCC1)=N2. The number of fused-ring (bicyclic) bond motifs is 1. The molecular formula is C21H24N4O3. The zero-order valence-corrected chi connectivity index (χ0v) is 16.3. The van der Waals surface area contributed by atoms with E-state index in [2.05, 4.69) is 15.0 Å². The van der Waals surface area contributed by atoms with Gasteiger partial charge < -0.3 is 4.74 Å². The summed E-state index contributed by atoms with van der Waals surface area (Å²) in [6.07, 6.45) is 6.09. The van der Waals surface area contributed by atoms with E-state index < -0.39 is 0 Å². The fourth-order valence-corrected chi connectivity index (χ4v) is 3.92. The second-order valence-corrected chi connectivity index (χ2v) is 7.43. The summed E-state index contributed by atoms with van der Waals surface area (Å²) < 4.78 is 7.39. The number of aliphatic imine (C=N–C) groups is 1. The van der Waals surface area contributed by atoms with E-state index in [0.717, 1.165) is 25.0 Å². The third-order valence-electron chi connectivity index (χ3n) is 5.37. The lowest BCUT2D eigenvalue weighted by Gasteiger charge is -2.13. The molecule has 3 heterocycles. The maximum atomic E-state index is 13.1. The Morgan fingerprint density at radius 2 is 2.04 bits per heavy atom. The predicted octanol–water partition coefficient (Wildman–Crippen LogP) is 3.86. The highest BCUT2D eigenvalue weighted by molar-refractivity contribution is 5.95. The molecule has 0 bridgehead atoms. The van der Waals surface area contributed by atoms with Crippen LogP contribution in [0.1, 0.15) is 62.0 Å². The van der Waals surface area contributed by atoms with Crippen molar-refractivity contribution in [1.29, 1.82) is 0 Å². The molecule has 7 heteroatoms. The van der Waals surface area contributed by atoms with Crippen molar-refractivity contribution < 1.29 is 9.53 Å². The van der Waals surface area contributed by atoms with Gasteiger partial charge in [0.2, 0.25) is 5.88 Å². The number of hydrogen-bond acceptors (Lipinski definition) is 6. The summed E-state index contributed by atoms with van der Waals surface area (Å²) in [6.45, 7) is 3.95. The molecule has 1 saturated carbocycles. The summed E-state index contributed by atoms with van der Waals surface area (Å²) in [7, 11) is 0. The molecule has 0 aromatic carbocycles. The number of ketones is 1. The molecule has 2 aliphatic rings. The largest absolute Gasteiger partial charge is 0.406 e. The summed E-state index contributed by atoms with van der Waals surface area (Å²) in [6, 6.07) is 5.15. The predicted molar refractivity (Wildman–Crippen MR) is 106 cm³/mol. The third kappa shape index (κ3) is 3.48. The summed E-state index contributed by atoms with van der Waals surface area (Å²) in [5.41, 5.74) is 1.95. The van der Waals surface area contributed by atoms with Gasteiger partial charge in [-0.05, 0) is 31.2 Å². The highest BCUT2D eigenvalue weighted by atomic mass is 16.5. The number of carbonyl (C=O) groups excluding carboxylic acids is 1. The van der Waals surface area contributed by atoms with Crippen molar-refractivity contribution in [3.63, 3.8) is 0 Å². The van der Waals surface area contributed by atoms with Crippen molar-refractivity contribution in [2.24, 2.45) is 10.9 Å². The van der Waals surface area contributed by atoms with Crippen molar-refractivity contribution >= 4 is 17.3 Å². The number of rotatable bonds is 6. The lowest BCUT2D eigenvalue weighted by atomic mass is 9.98. The van der Waals surface area contributed by atoms with E-state index in [4.69, 9.17) is 4.74 Å². The topological polar surface area (TPSA) is 86.4 Å². The highest BCUT2D eigenvalue weighted by Gasteiger charge is 2.29. The number of carbonyl (C=O) groups is 1. The molecule has 0 saturated heterocycles. The first-order valence-electron chi connectivity index (χ1n) is 9.93. The Kier molecular flexibility index (Phi) is 5.07. The van der Waals surface area contributed by atoms with Gasteiger partial charge in [0.1, 0.15) is 5.69 Å². The van der Waals surface area contributed by atoms with Gasteiger partial charge >= 0.3 is 6.01 Å². The average Bonchev–Trinajstić information content (AvgIpc) is 3.34. The Balaban J connectivity index is 1.71. The fraction of sp³-hybridized carbons (Fsp3) is 0.476. The highest BCUT2D eigenvalue weighted by Crippen LogP contribution is 2.34. The zero-order valence-electron chi connectivity index (χ0n) is 16.3. The molecule has 0 unspecified atom stereocenters. The molecular weight excluding hydrogens is 356 g/mol. The number of pyridine rings is 1. The number of hydrogen-bond donors (Lipinski definition) is 0. The quantitative estimate of drug-likeness (QED) is 0.710. The van der Waals surface area contributed by atoms with Gasteiger partial charge in [-0.3, -0.25) is 14.2 Å². The van der Waals surface area contributed by atoms with Crippen LogP contribution < -0.4 is 10.3 Å². The van der Waals surface area contributed by atoms with E-state index in [-0.39, 0.29) is 23.2 Å².